The molecule has 6 nitrogen and oxygen atoms in total. The van der Waals surface area contributed by atoms with Gasteiger partial charge in [-0.2, -0.15) is 4.98 Å². The Balaban J connectivity index is 2.99. The third kappa shape index (κ3) is 1.69. The second-order valence-electron chi connectivity index (χ2n) is 4.30. The molecule has 0 bridgehead atoms. The van der Waals surface area contributed by atoms with Gasteiger partial charge in [-0.15, -0.1) is 0 Å². The second-order valence-corrected chi connectivity index (χ2v) is 4.64. The van der Waals surface area contributed by atoms with Crippen LogP contribution in [0.15, 0.2) is 21.7 Å². The maximum absolute atomic E-state index is 12.1. The van der Waals surface area contributed by atoms with Gasteiger partial charge in [0.05, 0.1) is 0 Å². The Bertz CT molecular complexity index is 766. The molecule has 0 unspecified atom stereocenters. The van der Waals surface area contributed by atoms with E-state index >= 15 is 0 Å². The molecule has 0 atom stereocenters. The number of nitrogens with zero attached hydrogens (tertiary/aromatic N) is 4. The van der Waals surface area contributed by atoms with Crippen molar-refractivity contribution in [2.75, 3.05) is 0 Å². The number of aromatic nitrogens is 4. The first-order valence-electron chi connectivity index (χ1n) is 5.30. The number of rotatable bonds is 2. The molecule has 7 heteroatoms. The van der Waals surface area contributed by atoms with E-state index in [9.17, 15) is 9.59 Å². The van der Waals surface area contributed by atoms with Gasteiger partial charge in [-0.1, -0.05) is 12.2 Å². The van der Waals surface area contributed by atoms with Crippen molar-refractivity contribution < 1.29 is 0 Å². The van der Waals surface area contributed by atoms with Gasteiger partial charge in [-0.25, -0.2) is 4.79 Å². The summed E-state index contributed by atoms with van der Waals surface area (Å²) in [5.41, 5.74) is 0.604. The normalized spacial score (nSPS) is 11.1. The maximum Gasteiger partial charge on any atom is 0.332 e. The first-order valence-corrected chi connectivity index (χ1v) is 5.68. The van der Waals surface area contributed by atoms with E-state index in [0.29, 0.717) is 12.1 Å². The van der Waals surface area contributed by atoms with Gasteiger partial charge in [-0.05, 0) is 18.5 Å². The number of hydrogen-bond donors (Lipinski definition) is 0. The Labute approximate surface area is 108 Å². The van der Waals surface area contributed by atoms with E-state index in [1.54, 1.807) is 11.6 Å². The van der Waals surface area contributed by atoms with Gasteiger partial charge < -0.3 is 4.57 Å². The molecule has 0 aromatic carbocycles. The summed E-state index contributed by atoms with van der Waals surface area (Å²) in [7, 11) is 2.98. The summed E-state index contributed by atoms with van der Waals surface area (Å²) in [6, 6.07) is 0. The van der Waals surface area contributed by atoms with Crippen molar-refractivity contribution in [1.82, 2.24) is 18.7 Å². The van der Waals surface area contributed by atoms with Crippen LogP contribution in [-0.4, -0.2) is 18.7 Å². The largest absolute Gasteiger partial charge is 0.332 e. The number of fused-ring (bicyclic) bond motifs is 1. The molecular formula is C11H13ClN4O2. The molecule has 0 spiro atoms. The highest BCUT2D eigenvalue weighted by molar-refractivity contribution is 6.29. The van der Waals surface area contributed by atoms with Crippen molar-refractivity contribution in [3.63, 3.8) is 0 Å². The molecule has 0 amide bonds. The maximum atomic E-state index is 12.1. The molecule has 0 saturated heterocycles. The molecule has 0 radical (unpaired) electrons. The molecule has 2 aromatic rings. The lowest BCUT2D eigenvalue weighted by Gasteiger charge is -2.06. The minimum atomic E-state index is -0.427. The van der Waals surface area contributed by atoms with E-state index < -0.39 is 11.2 Å². The summed E-state index contributed by atoms with van der Waals surface area (Å²) in [5, 5.41) is 0.173. The average Bonchev–Trinajstić information content (AvgIpc) is 2.61. The monoisotopic (exact) mass is 268 g/mol. The highest BCUT2D eigenvalue weighted by atomic mass is 35.5. The minimum Gasteiger partial charge on any atom is -0.305 e. The lowest BCUT2D eigenvalue weighted by Crippen LogP contribution is -2.37. The molecule has 0 N–H and O–H groups in total. The Morgan fingerprint density at radius 1 is 1.33 bits per heavy atom. The predicted molar refractivity (Wildman–Crippen MR) is 70.0 cm³/mol. The van der Waals surface area contributed by atoms with Crippen LogP contribution in [0.2, 0.25) is 5.28 Å². The van der Waals surface area contributed by atoms with Crippen LogP contribution in [0.25, 0.3) is 11.2 Å². The molecule has 0 fully saturated rings. The molecule has 96 valence electrons. The number of allylic oxidation sites excluding steroid dienone is 1. The quantitative estimate of drug-likeness (QED) is 0.594. The number of hydrogen-bond acceptors (Lipinski definition) is 3. The minimum absolute atomic E-state index is 0.173. The Morgan fingerprint density at radius 3 is 2.50 bits per heavy atom. The smallest absolute Gasteiger partial charge is 0.305 e. The fourth-order valence-corrected chi connectivity index (χ4v) is 2.06. The molecular weight excluding hydrogens is 256 g/mol. The van der Waals surface area contributed by atoms with E-state index in [4.69, 9.17) is 11.6 Å². The predicted octanol–water partition coefficient (Wildman–Crippen LogP) is 0.663. The van der Waals surface area contributed by atoms with Crippen LogP contribution >= 0.6 is 11.6 Å². The zero-order valence-electron chi connectivity index (χ0n) is 10.4. The van der Waals surface area contributed by atoms with Crippen LogP contribution in [0.4, 0.5) is 0 Å². The lowest BCUT2D eigenvalue weighted by atomic mass is 10.3. The number of aryl methyl sites for hydroxylation is 1. The molecule has 2 aromatic heterocycles. The van der Waals surface area contributed by atoms with Crippen LogP contribution < -0.4 is 11.2 Å². The molecule has 0 aliphatic rings. The average molecular weight is 269 g/mol. The van der Waals surface area contributed by atoms with Crippen molar-refractivity contribution in [2.24, 2.45) is 14.1 Å². The molecule has 0 aliphatic heterocycles. The number of imidazole rings is 1. The summed E-state index contributed by atoms with van der Waals surface area (Å²) in [4.78, 5) is 27.9. The van der Waals surface area contributed by atoms with E-state index in [2.05, 4.69) is 11.6 Å². The lowest BCUT2D eigenvalue weighted by molar-refractivity contribution is 0.702. The van der Waals surface area contributed by atoms with Crippen molar-refractivity contribution >= 4 is 22.8 Å². The third-order valence-electron chi connectivity index (χ3n) is 2.73. The van der Waals surface area contributed by atoms with E-state index in [1.165, 1.54) is 11.6 Å². The zero-order valence-corrected chi connectivity index (χ0v) is 11.2. The SMILES string of the molecule is C=C(C)Cn1c(Cl)nc2c1c(=O)n(C)c(=O)n2C. The van der Waals surface area contributed by atoms with Crippen LogP contribution in [0.3, 0.4) is 0 Å². The van der Waals surface area contributed by atoms with Gasteiger partial charge in [0.15, 0.2) is 11.2 Å². The van der Waals surface area contributed by atoms with E-state index in [1.807, 2.05) is 6.92 Å². The van der Waals surface area contributed by atoms with Crippen molar-refractivity contribution in [3.8, 4) is 0 Å². The summed E-state index contributed by atoms with van der Waals surface area (Å²) in [5.74, 6) is 0. The fraction of sp³-hybridized carbons (Fsp3) is 0.364. The van der Waals surface area contributed by atoms with Gasteiger partial charge in [0.25, 0.3) is 5.56 Å². The Hall–Kier alpha value is -1.82. The van der Waals surface area contributed by atoms with Crippen LogP contribution in [0.1, 0.15) is 6.92 Å². The summed E-state index contributed by atoms with van der Waals surface area (Å²) < 4.78 is 3.90. The van der Waals surface area contributed by atoms with Crippen LogP contribution in [0, 0.1) is 0 Å². The summed E-state index contributed by atoms with van der Waals surface area (Å²) in [6.45, 7) is 6.00. The molecule has 18 heavy (non-hydrogen) atoms. The first-order chi connectivity index (χ1) is 8.34. The van der Waals surface area contributed by atoms with E-state index in [0.717, 1.165) is 10.1 Å². The summed E-state index contributed by atoms with van der Waals surface area (Å²) in [6.07, 6.45) is 0. The molecule has 0 aliphatic carbocycles. The number of halogens is 1. The summed E-state index contributed by atoms with van der Waals surface area (Å²) >= 11 is 6.01. The zero-order chi connectivity index (χ0) is 13.6. The Morgan fingerprint density at radius 2 is 1.94 bits per heavy atom. The van der Waals surface area contributed by atoms with Crippen molar-refractivity contribution in [1.29, 1.82) is 0 Å². The van der Waals surface area contributed by atoms with Gasteiger partial charge in [0.2, 0.25) is 5.28 Å². The highest BCUT2D eigenvalue weighted by Gasteiger charge is 2.17. The first kappa shape index (κ1) is 12.6. The highest BCUT2D eigenvalue weighted by Crippen LogP contribution is 2.16. The topological polar surface area (TPSA) is 61.8 Å². The second kappa shape index (κ2) is 4.13. The fourth-order valence-electron chi connectivity index (χ4n) is 1.83. The standard InChI is InChI=1S/C11H13ClN4O2/c1-6(2)5-16-7-8(13-10(16)12)14(3)11(18)15(4)9(7)17/h1,5H2,2-4H3. The third-order valence-corrected chi connectivity index (χ3v) is 3.02. The molecule has 2 heterocycles. The van der Waals surface area contributed by atoms with Crippen LogP contribution in [0.5, 0.6) is 0 Å². The van der Waals surface area contributed by atoms with Crippen LogP contribution in [-0.2, 0) is 20.6 Å². The van der Waals surface area contributed by atoms with Gasteiger partial charge in [0, 0.05) is 20.6 Å². The van der Waals surface area contributed by atoms with E-state index in [-0.39, 0.29) is 10.9 Å². The molecule has 2 rings (SSSR count). The van der Waals surface area contributed by atoms with Gasteiger partial charge >= 0.3 is 5.69 Å². The van der Waals surface area contributed by atoms with Gasteiger partial charge in [-0.3, -0.25) is 13.9 Å². The van der Waals surface area contributed by atoms with Crippen molar-refractivity contribution in [2.45, 2.75) is 13.5 Å². The van der Waals surface area contributed by atoms with Crippen molar-refractivity contribution in [3.05, 3.63) is 38.3 Å². The Kier molecular flexibility index (Phi) is 2.90. The van der Waals surface area contributed by atoms with Gasteiger partial charge in [0.1, 0.15) is 0 Å². The molecule has 0 saturated carbocycles.